The molecule has 5 rings (SSSR count). The van der Waals surface area contributed by atoms with E-state index >= 15 is 0 Å². The van der Waals surface area contributed by atoms with Gasteiger partial charge in [0, 0.05) is 30.2 Å². The summed E-state index contributed by atoms with van der Waals surface area (Å²) in [4.78, 5) is 60.8. The molecule has 3 aromatic carbocycles. The molecule has 1 aliphatic rings. The lowest BCUT2D eigenvalue weighted by Crippen LogP contribution is -2.53. The Morgan fingerprint density at radius 1 is 1.02 bits per heavy atom. The van der Waals surface area contributed by atoms with E-state index in [9.17, 15) is 19.2 Å². The van der Waals surface area contributed by atoms with Crippen LogP contribution in [-0.4, -0.2) is 63.6 Å². The smallest absolute Gasteiger partial charge is 0.270 e. The average Bonchev–Trinajstić information content (AvgIpc) is 3.14. The summed E-state index contributed by atoms with van der Waals surface area (Å²) >= 11 is 6.33. The number of fused-ring (bicyclic) bond motifs is 1. The number of nitrogens with zero attached hydrogens (tertiary/aromatic N) is 3. The number of nitrogens with two attached hydrogens (primary N) is 1. The molecule has 0 saturated carbocycles. The quantitative estimate of drug-likeness (QED) is 0.319. The fourth-order valence-corrected chi connectivity index (χ4v) is 5.86. The molecule has 1 aliphatic heterocycles. The Hall–Kier alpha value is -4.76. The van der Waals surface area contributed by atoms with E-state index in [1.807, 2.05) is 49.4 Å². The molecular formula is C33H32ClN5O4. The second-order valence-corrected chi connectivity index (χ2v) is 11.0. The lowest BCUT2D eigenvalue weighted by Gasteiger charge is -2.36. The third-order valence-electron chi connectivity index (χ3n) is 7.81. The largest absolute Gasteiger partial charge is 0.368 e. The van der Waals surface area contributed by atoms with Gasteiger partial charge < -0.3 is 20.9 Å². The van der Waals surface area contributed by atoms with Crippen molar-refractivity contribution in [3.63, 3.8) is 0 Å². The number of pyridine rings is 1. The van der Waals surface area contributed by atoms with Gasteiger partial charge in [0.2, 0.25) is 11.8 Å². The van der Waals surface area contributed by atoms with Crippen LogP contribution >= 0.6 is 11.6 Å². The molecular weight excluding hydrogens is 566 g/mol. The SMILES string of the molecule is C[C@@H]1CCN([C@H](Cc2cccc3ccccc23)C(N)=O)C(=O)[C@H](c2cccc(Cl)c2)N1C(=O)CNC(=O)c1ccccn1. The monoisotopic (exact) mass is 597 g/mol. The number of halogens is 1. The normalized spacial score (nSPS) is 17.8. The predicted molar refractivity (Wildman–Crippen MR) is 164 cm³/mol. The van der Waals surface area contributed by atoms with E-state index in [0.29, 0.717) is 17.0 Å². The van der Waals surface area contributed by atoms with Gasteiger partial charge in [-0.2, -0.15) is 0 Å². The highest BCUT2D eigenvalue weighted by molar-refractivity contribution is 6.30. The van der Waals surface area contributed by atoms with Crippen LogP contribution in [0.3, 0.4) is 0 Å². The van der Waals surface area contributed by atoms with Crippen molar-refractivity contribution in [3.05, 3.63) is 113 Å². The molecule has 0 radical (unpaired) electrons. The highest BCUT2D eigenvalue weighted by Crippen LogP contribution is 2.33. The van der Waals surface area contributed by atoms with Gasteiger partial charge in [-0.05, 0) is 59.5 Å². The Bertz CT molecular complexity index is 1660. The van der Waals surface area contributed by atoms with Crippen LogP contribution in [0.4, 0.5) is 0 Å². The molecule has 2 heterocycles. The zero-order valence-electron chi connectivity index (χ0n) is 23.7. The number of aromatic nitrogens is 1. The molecule has 43 heavy (non-hydrogen) atoms. The van der Waals surface area contributed by atoms with E-state index in [0.717, 1.165) is 16.3 Å². The maximum atomic E-state index is 14.5. The summed E-state index contributed by atoms with van der Waals surface area (Å²) in [6, 6.07) is 22.9. The molecule has 10 heteroatoms. The number of carbonyl (C=O) groups is 4. The van der Waals surface area contributed by atoms with Crippen LogP contribution < -0.4 is 11.1 Å². The first-order valence-electron chi connectivity index (χ1n) is 14.1. The van der Waals surface area contributed by atoms with E-state index in [1.54, 1.807) is 42.5 Å². The topological polar surface area (TPSA) is 126 Å². The van der Waals surface area contributed by atoms with Gasteiger partial charge in [-0.3, -0.25) is 24.2 Å². The summed E-state index contributed by atoms with van der Waals surface area (Å²) in [6.07, 6.45) is 2.10. The second-order valence-electron chi connectivity index (χ2n) is 10.6. The number of primary amides is 1. The Morgan fingerprint density at radius 2 is 1.77 bits per heavy atom. The predicted octanol–water partition coefficient (Wildman–Crippen LogP) is 3.91. The van der Waals surface area contributed by atoms with Crippen molar-refractivity contribution in [1.82, 2.24) is 20.1 Å². The van der Waals surface area contributed by atoms with Crippen molar-refractivity contribution in [3.8, 4) is 0 Å². The van der Waals surface area contributed by atoms with Crippen LogP contribution in [0.15, 0.2) is 91.1 Å². The zero-order chi connectivity index (χ0) is 30.5. The van der Waals surface area contributed by atoms with Crippen molar-refractivity contribution in [2.24, 2.45) is 5.73 Å². The van der Waals surface area contributed by atoms with Crippen molar-refractivity contribution < 1.29 is 19.2 Å². The summed E-state index contributed by atoms with van der Waals surface area (Å²) in [5.74, 6) is -2.05. The van der Waals surface area contributed by atoms with Crippen LogP contribution in [-0.2, 0) is 20.8 Å². The third kappa shape index (κ3) is 6.52. The first kappa shape index (κ1) is 29.7. The Kier molecular flexibility index (Phi) is 9.01. The third-order valence-corrected chi connectivity index (χ3v) is 8.04. The number of hydrogen-bond acceptors (Lipinski definition) is 5. The van der Waals surface area contributed by atoms with Gasteiger partial charge in [0.1, 0.15) is 17.8 Å². The Morgan fingerprint density at radius 3 is 2.51 bits per heavy atom. The number of amides is 4. The Balaban J connectivity index is 1.48. The molecule has 3 N–H and O–H groups in total. The Labute approximate surface area is 254 Å². The summed E-state index contributed by atoms with van der Waals surface area (Å²) < 4.78 is 0. The maximum absolute atomic E-state index is 14.5. The second kappa shape index (κ2) is 13.0. The molecule has 1 fully saturated rings. The highest BCUT2D eigenvalue weighted by Gasteiger charge is 2.43. The molecule has 3 atom stereocenters. The molecule has 4 amide bonds. The first-order valence-corrected chi connectivity index (χ1v) is 14.4. The van der Waals surface area contributed by atoms with E-state index in [2.05, 4.69) is 10.3 Å². The number of carbonyl (C=O) groups excluding carboxylic acids is 4. The maximum Gasteiger partial charge on any atom is 0.270 e. The minimum atomic E-state index is -1.09. The van der Waals surface area contributed by atoms with Crippen LogP contribution in [0.5, 0.6) is 0 Å². The molecule has 0 unspecified atom stereocenters. The molecule has 0 bridgehead atoms. The van der Waals surface area contributed by atoms with Gasteiger partial charge in [-0.15, -0.1) is 0 Å². The molecule has 220 valence electrons. The first-order chi connectivity index (χ1) is 20.7. The molecule has 4 aromatic rings. The highest BCUT2D eigenvalue weighted by atomic mass is 35.5. The number of rotatable bonds is 8. The molecule has 1 saturated heterocycles. The fourth-order valence-electron chi connectivity index (χ4n) is 5.66. The number of hydrogen-bond donors (Lipinski definition) is 2. The lowest BCUT2D eigenvalue weighted by atomic mass is 9.96. The van der Waals surface area contributed by atoms with Crippen LogP contribution in [0.2, 0.25) is 5.02 Å². The van der Waals surface area contributed by atoms with Gasteiger partial charge in [0.25, 0.3) is 11.8 Å². The number of nitrogens with one attached hydrogen (secondary N) is 1. The molecule has 0 spiro atoms. The summed E-state index contributed by atoms with van der Waals surface area (Å²) in [5.41, 5.74) is 7.51. The van der Waals surface area contributed by atoms with Crippen LogP contribution in [0, 0.1) is 0 Å². The summed E-state index contributed by atoms with van der Waals surface area (Å²) in [7, 11) is 0. The summed E-state index contributed by atoms with van der Waals surface area (Å²) in [6.45, 7) is 1.70. The van der Waals surface area contributed by atoms with Gasteiger partial charge in [-0.1, -0.05) is 72.3 Å². The van der Waals surface area contributed by atoms with Gasteiger partial charge in [0.05, 0.1) is 6.54 Å². The van der Waals surface area contributed by atoms with E-state index in [1.165, 1.54) is 16.0 Å². The van der Waals surface area contributed by atoms with Gasteiger partial charge >= 0.3 is 0 Å². The van der Waals surface area contributed by atoms with Crippen molar-refractivity contribution in [1.29, 1.82) is 0 Å². The molecule has 1 aromatic heterocycles. The van der Waals surface area contributed by atoms with Crippen molar-refractivity contribution in [2.45, 2.75) is 37.9 Å². The van der Waals surface area contributed by atoms with Crippen molar-refractivity contribution in [2.75, 3.05) is 13.1 Å². The molecule has 0 aliphatic carbocycles. The summed E-state index contributed by atoms with van der Waals surface area (Å²) in [5, 5.41) is 5.00. The standard InChI is InChI=1S/C33H32ClN5O4/c1-21-15-17-38(28(31(35)41)19-23-10-6-9-22-8-2-3-13-26(22)23)33(43)30(24-11-7-12-25(34)18-24)39(21)29(40)20-37-32(42)27-14-4-5-16-36-27/h2-14,16,18,21,28,30H,15,17,19-20H2,1H3,(H2,35,41)(H,37,42)/t21-,28-,30+/m1/s1. The van der Waals surface area contributed by atoms with E-state index < -0.39 is 41.8 Å². The minimum absolute atomic E-state index is 0.172. The van der Waals surface area contributed by atoms with Gasteiger partial charge in [0.15, 0.2) is 0 Å². The average molecular weight is 598 g/mol. The lowest BCUT2D eigenvalue weighted by molar-refractivity contribution is -0.148. The minimum Gasteiger partial charge on any atom is -0.368 e. The fraction of sp³-hybridized carbons (Fsp3) is 0.242. The van der Waals surface area contributed by atoms with E-state index in [4.69, 9.17) is 17.3 Å². The zero-order valence-corrected chi connectivity index (χ0v) is 24.4. The van der Waals surface area contributed by atoms with Gasteiger partial charge in [-0.25, -0.2) is 0 Å². The number of benzene rings is 3. The van der Waals surface area contributed by atoms with Crippen LogP contribution in [0.1, 0.15) is 41.0 Å². The van der Waals surface area contributed by atoms with E-state index in [-0.39, 0.29) is 25.2 Å². The molecule has 9 nitrogen and oxygen atoms in total. The van der Waals surface area contributed by atoms with Crippen LogP contribution in [0.25, 0.3) is 10.8 Å². The van der Waals surface area contributed by atoms with Crippen molar-refractivity contribution >= 4 is 46.0 Å².